The summed E-state index contributed by atoms with van der Waals surface area (Å²) in [4.78, 5) is 1.49. The highest BCUT2D eigenvalue weighted by Gasteiger charge is 2.34. The normalized spacial score (nSPS) is 15.1. The Morgan fingerprint density at radius 3 is 2.42 bits per heavy atom. The highest BCUT2D eigenvalue weighted by atomic mass is 35.5. The summed E-state index contributed by atoms with van der Waals surface area (Å²) >= 11 is 7.51. The minimum atomic E-state index is -3.46. The molecule has 0 saturated heterocycles. The van der Waals surface area contributed by atoms with E-state index in [2.05, 4.69) is 0 Å². The fraction of sp³-hybridized carbons (Fsp3) is 0.111. The van der Waals surface area contributed by atoms with E-state index in [4.69, 9.17) is 11.6 Å². The zero-order chi connectivity index (χ0) is 16.7. The summed E-state index contributed by atoms with van der Waals surface area (Å²) in [6.45, 7) is 0.434. The average molecular weight is 376 g/mol. The number of thioether (sulfide) groups is 1. The summed E-state index contributed by atoms with van der Waals surface area (Å²) in [6, 6.07) is 18.7. The van der Waals surface area contributed by atoms with Gasteiger partial charge in [-0.3, -0.25) is 4.31 Å². The molecule has 0 spiro atoms. The van der Waals surface area contributed by atoms with Crippen molar-refractivity contribution in [3.05, 3.63) is 65.7 Å². The van der Waals surface area contributed by atoms with Gasteiger partial charge in [0, 0.05) is 27.6 Å². The maximum atomic E-state index is 12.9. The molecule has 0 radical (unpaired) electrons. The molecule has 3 nitrogen and oxygen atoms in total. The Morgan fingerprint density at radius 1 is 0.958 bits per heavy atom. The Bertz CT molecular complexity index is 1010. The Balaban J connectivity index is 1.60. The highest BCUT2D eigenvalue weighted by Crippen LogP contribution is 2.42. The van der Waals surface area contributed by atoms with Gasteiger partial charge in [0.25, 0.3) is 10.0 Å². The van der Waals surface area contributed by atoms with Gasteiger partial charge in [-0.15, -0.1) is 11.8 Å². The van der Waals surface area contributed by atoms with Crippen molar-refractivity contribution in [2.45, 2.75) is 9.79 Å². The van der Waals surface area contributed by atoms with Crippen LogP contribution in [0, 0.1) is 0 Å². The maximum absolute atomic E-state index is 12.9. The monoisotopic (exact) mass is 375 g/mol. The van der Waals surface area contributed by atoms with E-state index in [0.717, 1.165) is 21.4 Å². The third-order valence-electron chi connectivity index (χ3n) is 4.06. The fourth-order valence-electron chi connectivity index (χ4n) is 2.98. The van der Waals surface area contributed by atoms with Crippen molar-refractivity contribution in [1.82, 2.24) is 0 Å². The molecule has 3 aromatic rings. The predicted octanol–water partition coefficient (Wildman–Crippen LogP) is 4.79. The van der Waals surface area contributed by atoms with Crippen LogP contribution in [-0.2, 0) is 10.0 Å². The van der Waals surface area contributed by atoms with E-state index in [1.165, 1.54) is 4.31 Å². The van der Waals surface area contributed by atoms with E-state index < -0.39 is 10.0 Å². The number of benzene rings is 3. The molecule has 0 aromatic heterocycles. The Hall–Kier alpha value is -1.69. The van der Waals surface area contributed by atoms with Crippen LogP contribution in [0.4, 0.5) is 5.69 Å². The molecule has 1 heterocycles. The first-order valence-electron chi connectivity index (χ1n) is 7.50. The quantitative estimate of drug-likeness (QED) is 0.615. The predicted molar refractivity (Wildman–Crippen MR) is 101 cm³/mol. The molecule has 1 aliphatic rings. The first-order valence-corrected chi connectivity index (χ1v) is 10.3. The van der Waals surface area contributed by atoms with Crippen LogP contribution >= 0.6 is 23.4 Å². The lowest BCUT2D eigenvalue weighted by atomic mass is 10.1. The maximum Gasteiger partial charge on any atom is 0.265 e. The van der Waals surface area contributed by atoms with Crippen LogP contribution in [0.3, 0.4) is 0 Å². The second-order valence-electron chi connectivity index (χ2n) is 5.51. The fourth-order valence-corrected chi connectivity index (χ4v) is 5.77. The van der Waals surface area contributed by atoms with Crippen molar-refractivity contribution in [3.8, 4) is 0 Å². The number of halogens is 1. The van der Waals surface area contributed by atoms with Crippen molar-refractivity contribution >= 4 is 49.8 Å². The molecule has 0 fully saturated rings. The summed E-state index contributed by atoms with van der Waals surface area (Å²) in [5.74, 6) is 0.672. The number of anilines is 1. The van der Waals surface area contributed by atoms with Crippen LogP contribution in [0.15, 0.2) is 70.5 Å². The minimum absolute atomic E-state index is 0.409. The van der Waals surface area contributed by atoms with Gasteiger partial charge in [-0.1, -0.05) is 35.9 Å². The highest BCUT2D eigenvalue weighted by molar-refractivity contribution is 7.99. The standard InChI is InChI=1S/C18H14ClNO2S2/c19-14-7-9-15(10-8-14)23-12-11-20-16-5-1-3-13-4-2-6-17(18(13)16)24(20,21)22/h1-10H,11-12H2. The number of sulfonamides is 1. The van der Waals surface area contributed by atoms with Gasteiger partial charge in [0.2, 0.25) is 0 Å². The molecule has 0 aliphatic carbocycles. The van der Waals surface area contributed by atoms with Crippen LogP contribution in [0.2, 0.25) is 5.02 Å². The molecule has 3 aromatic carbocycles. The van der Waals surface area contributed by atoms with E-state index in [1.807, 2.05) is 48.5 Å². The average Bonchev–Trinajstić information content (AvgIpc) is 2.80. The molecule has 0 amide bonds. The third kappa shape index (κ3) is 2.57. The molecular weight excluding hydrogens is 362 g/mol. The van der Waals surface area contributed by atoms with Crippen molar-refractivity contribution in [2.24, 2.45) is 0 Å². The van der Waals surface area contributed by atoms with Crippen molar-refractivity contribution in [2.75, 3.05) is 16.6 Å². The number of nitrogens with zero attached hydrogens (tertiary/aromatic N) is 1. The van der Waals surface area contributed by atoms with E-state index >= 15 is 0 Å². The lowest BCUT2D eigenvalue weighted by molar-refractivity contribution is 0.595. The van der Waals surface area contributed by atoms with Gasteiger partial charge in [0.05, 0.1) is 10.6 Å². The summed E-state index contributed by atoms with van der Waals surface area (Å²) in [5, 5.41) is 2.49. The van der Waals surface area contributed by atoms with Gasteiger partial charge < -0.3 is 0 Å². The largest absolute Gasteiger partial charge is 0.265 e. The minimum Gasteiger partial charge on any atom is -0.265 e. The first kappa shape index (κ1) is 15.8. The van der Waals surface area contributed by atoms with Crippen molar-refractivity contribution < 1.29 is 8.42 Å². The van der Waals surface area contributed by atoms with Gasteiger partial charge in [0.1, 0.15) is 0 Å². The molecule has 0 bridgehead atoms. The third-order valence-corrected chi connectivity index (χ3v) is 7.16. The van der Waals surface area contributed by atoms with Crippen molar-refractivity contribution in [3.63, 3.8) is 0 Å². The van der Waals surface area contributed by atoms with Crippen LogP contribution in [0.1, 0.15) is 0 Å². The summed E-state index contributed by atoms with van der Waals surface area (Å²) < 4.78 is 27.2. The van der Waals surface area contributed by atoms with Crippen LogP contribution in [0.25, 0.3) is 10.8 Å². The molecule has 0 N–H and O–H groups in total. The molecule has 0 atom stereocenters. The number of rotatable bonds is 4. The summed E-state index contributed by atoms with van der Waals surface area (Å²) in [6.07, 6.45) is 0. The second-order valence-corrected chi connectivity index (χ2v) is 8.95. The topological polar surface area (TPSA) is 37.4 Å². The van der Waals surface area contributed by atoms with Gasteiger partial charge >= 0.3 is 0 Å². The molecule has 24 heavy (non-hydrogen) atoms. The van der Waals surface area contributed by atoms with E-state index in [1.54, 1.807) is 23.9 Å². The molecule has 1 aliphatic heterocycles. The Kier molecular flexibility index (Phi) is 3.95. The van der Waals surface area contributed by atoms with Crippen LogP contribution in [-0.4, -0.2) is 20.7 Å². The lowest BCUT2D eigenvalue weighted by Crippen LogP contribution is -2.29. The zero-order valence-electron chi connectivity index (χ0n) is 12.6. The SMILES string of the molecule is O=S1(=O)c2cccc3cccc(c23)N1CCSc1ccc(Cl)cc1. The van der Waals surface area contributed by atoms with E-state index in [-0.39, 0.29) is 0 Å². The van der Waals surface area contributed by atoms with E-state index in [0.29, 0.717) is 22.2 Å². The molecule has 4 rings (SSSR count). The Labute approximate surface area is 150 Å². The molecular formula is C18H14ClNO2S2. The Morgan fingerprint density at radius 2 is 1.67 bits per heavy atom. The van der Waals surface area contributed by atoms with Gasteiger partial charge in [-0.2, -0.15) is 0 Å². The molecule has 0 unspecified atom stereocenters. The first-order chi connectivity index (χ1) is 11.6. The van der Waals surface area contributed by atoms with Crippen LogP contribution in [0.5, 0.6) is 0 Å². The van der Waals surface area contributed by atoms with E-state index in [9.17, 15) is 8.42 Å². The lowest BCUT2D eigenvalue weighted by Gasteiger charge is -2.18. The van der Waals surface area contributed by atoms with Crippen LogP contribution < -0.4 is 4.31 Å². The zero-order valence-corrected chi connectivity index (χ0v) is 15.0. The van der Waals surface area contributed by atoms with Gasteiger partial charge in [-0.25, -0.2) is 8.42 Å². The molecule has 122 valence electrons. The number of hydrogen-bond acceptors (Lipinski definition) is 3. The van der Waals surface area contributed by atoms with Gasteiger partial charge in [0.15, 0.2) is 0 Å². The molecule has 6 heteroatoms. The summed E-state index contributed by atoms with van der Waals surface area (Å²) in [5.41, 5.74) is 0.778. The smallest absolute Gasteiger partial charge is 0.265 e. The second kappa shape index (κ2) is 5.99. The van der Waals surface area contributed by atoms with Gasteiger partial charge in [-0.05, 0) is 41.8 Å². The van der Waals surface area contributed by atoms with Crippen molar-refractivity contribution in [1.29, 1.82) is 0 Å². The molecule has 0 saturated carbocycles. The summed E-state index contributed by atoms with van der Waals surface area (Å²) in [7, 11) is -3.46. The number of hydrogen-bond donors (Lipinski definition) is 0.